The number of rotatable bonds is 6. The zero-order valence-corrected chi connectivity index (χ0v) is 10.6. The van der Waals surface area contributed by atoms with Crippen molar-refractivity contribution in [1.82, 2.24) is 10.4 Å². The minimum Gasteiger partial charge on any atom is -0.317 e. The Morgan fingerprint density at radius 1 is 1.24 bits per heavy atom. The molecule has 17 heavy (non-hydrogen) atoms. The van der Waals surface area contributed by atoms with Gasteiger partial charge in [0.1, 0.15) is 0 Å². The molecule has 1 N–H and O–H groups in total. The lowest BCUT2D eigenvalue weighted by molar-refractivity contribution is -0.161. The van der Waals surface area contributed by atoms with E-state index in [0.717, 1.165) is 18.9 Å². The summed E-state index contributed by atoms with van der Waals surface area (Å²) in [4.78, 5) is 16.5. The molecule has 0 spiro atoms. The van der Waals surface area contributed by atoms with Crippen LogP contribution >= 0.6 is 0 Å². The molecule has 0 atom stereocenters. The minimum atomic E-state index is 0.156. The van der Waals surface area contributed by atoms with Gasteiger partial charge in [0.05, 0.1) is 13.0 Å². The van der Waals surface area contributed by atoms with Gasteiger partial charge in [-0.05, 0) is 38.3 Å². The summed E-state index contributed by atoms with van der Waals surface area (Å²) in [5.41, 5.74) is 0. The van der Waals surface area contributed by atoms with Gasteiger partial charge in [0, 0.05) is 6.54 Å². The lowest BCUT2D eigenvalue weighted by Crippen LogP contribution is -2.27. The van der Waals surface area contributed by atoms with Gasteiger partial charge in [-0.1, -0.05) is 19.3 Å². The van der Waals surface area contributed by atoms with Crippen molar-refractivity contribution in [2.45, 2.75) is 44.9 Å². The third kappa shape index (κ3) is 4.28. The summed E-state index contributed by atoms with van der Waals surface area (Å²) in [5.74, 6) is 1.09. The van der Waals surface area contributed by atoms with E-state index in [0.29, 0.717) is 13.0 Å². The number of amides is 1. The largest absolute Gasteiger partial charge is 0.317 e. The molecule has 0 aromatic rings. The summed E-state index contributed by atoms with van der Waals surface area (Å²) in [6.07, 6.45) is 8.20. The Bertz CT molecular complexity index is 240. The van der Waals surface area contributed by atoms with Crippen LogP contribution in [0.1, 0.15) is 44.9 Å². The molecule has 1 amide bonds. The highest BCUT2D eigenvalue weighted by Gasteiger charge is 2.20. The number of nitrogens with zero attached hydrogens (tertiary/aromatic N) is 1. The molecule has 2 rings (SSSR count). The van der Waals surface area contributed by atoms with Crippen LogP contribution in [0.15, 0.2) is 0 Å². The number of hydrogen-bond donors (Lipinski definition) is 1. The molecule has 98 valence electrons. The first kappa shape index (κ1) is 12.8. The number of piperidine rings is 1. The second-order valence-electron chi connectivity index (χ2n) is 5.12. The molecule has 2 aliphatic rings. The van der Waals surface area contributed by atoms with Crippen molar-refractivity contribution in [1.29, 1.82) is 0 Å². The standard InChI is InChI=1S/C13H24N2O2/c16-13-7-11-17-15(13)10-3-1-2-4-12-5-8-14-9-6-12/h12,14H,1-11H2. The van der Waals surface area contributed by atoms with E-state index in [4.69, 9.17) is 4.84 Å². The first-order chi connectivity index (χ1) is 8.36. The van der Waals surface area contributed by atoms with E-state index in [-0.39, 0.29) is 5.91 Å². The Morgan fingerprint density at radius 2 is 2.06 bits per heavy atom. The summed E-state index contributed by atoms with van der Waals surface area (Å²) in [5, 5.41) is 4.94. The third-order valence-corrected chi connectivity index (χ3v) is 3.77. The Kier molecular flexibility index (Phi) is 5.26. The lowest BCUT2D eigenvalue weighted by atomic mass is 9.92. The smallest absolute Gasteiger partial charge is 0.248 e. The highest BCUT2D eigenvalue weighted by Crippen LogP contribution is 2.19. The van der Waals surface area contributed by atoms with Crippen LogP contribution < -0.4 is 5.32 Å². The molecule has 0 radical (unpaired) electrons. The van der Waals surface area contributed by atoms with Gasteiger partial charge in [-0.3, -0.25) is 9.63 Å². The summed E-state index contributed by atoms with van der Waals surface area (Å²) in [6.45, 7) is 3.75. The van der Waals surface area contributed by atoms with Crippen LogP contribution in [0.25, 0.3) is 0 Å². The highest BCUT2D eigenvalue weighted by atomic mass is 16.7. The lowest BCUT2D eigenvalue weighted by Gasteiger charge is -2.22. The first-order valence-corrected chi connectivity index (χ1v) is 7.00. The van der Waals surface area contributed by atoms with Gasteiger partial charge in [-0.15, -0.1) is 0 Å². The van der Waals surface area contributed by atoms with Crippen molar-refractivity contribution in [3.05, 3.63) is 0 Å². The Morgan fingerprint density at radius 3 is 2.76 bits per heavy atom. The van der Waals surface area contributed by atoms with E-state index in [1.165, 1.54) is 45.2 Å². The molecule has 2 fully saturated rings. The summed E-state index contributed by atoms with van der Waals surface area (Å²) < 4.78 is 0. The van der Waals surface area contributed by atoms with Crippen molar-refractivity contribution >= 4 is 5.91 Å². The van der Waals surface area contributed by atoms with Crippen LogP contribution in [-0.4, -0.2) is 37.2 Å². The van der Waals surface area contributed by atoms with E-state index in [2.05, 4.69) is 5.32 Å². The highest BCUT2D eigenvalue weighted by molar-refractivity contribution is 5.76. The predicted molar refractivity (Wildman–Crippen MR) is 66.3 cm³/mol. The fourth-order valence-electron chi connectivity index (χ4n) is 2.66. The van der Waals surface area contributed by atoms with Crippen LogP contribution in [0.4, 0.5) is 0 Å². The quantitative estimate of drug-likeness (QED) is 0.719. The summed E-state index contributed by atoms with van der Waals surface area (Å²) in [7, 11) is 0. The molecule has 4 nitrogen and oxygen atoms in total. The average molecular weight is 240 g/mol. The molecular weight excluding hydrogens is 216 g/mol. The van der Waals surface area contributed by atoms with E-state index < -0.39 is 0 Å². The maximum Gasteiger partial charge on any atom is 0.248 e. The van der Waals surface area contributed by atoms with Crippen LogP contribution in [0.5, 0.6) is 0 Å². The van der Waals surface area contributed by atoms with Gasteiger partial charge < -0.3 is 5.32 Å². The SMILES string of the molecule is O=C1CCON1CCCCCC1CCNCC1. The molecular formula is C13H24N2O2. The number of hydrogen-bond acceptors (Lipinski definition) is 3. The zero-order valence-electron chi connectivity index (χ0n) is 10.6. The molecule has 4 heteroatoms. The van der Waals surface area contributed by atoms with E-state index in [1.807, 2.05) is 0 Å². The first-order valence-electron chi connectivity index (χ1n) is 7.00. The van der Waals surface area contributed by atoms with Crippen LogP contribution in [0, 0.1) is 5.92 Å². The van der Waals surface area contributed by atoms with Crippen molar-refractivity contribution in [2.75, 3.05) is 26.2 Å². The second kappa shape index (κ2) is 6.97. The van der Waals surface area contributed by atoms with Gasteiger partial charge in [0.15, 0.2) is 0 Å². The van der Waals surface area contributed by atoms with Crippen LogP contribution in [0.2, 0.25) is 0 Å². The predicted octanol–water partition coefficient (Wildman–Crippen LogP) is 1.71. The zero-order chi connectivity index (χ0) is 11.9. The molecule has 2 heterocycles. The Hall–Kier alpha value is -0.610. The molecule has 0 aromatic heterocycles. The molecule has 0 aromatic carbocycles. The molecule has 2 aliphatic heterocycles. The van der Waals surface area contributed by atoms with Crippen molar-refractivity contribution in [3.63, 3.8) is 0 Å². The van der Waals surface area contributed by atoms with E-state index in [1.54, 1.807) is 5.06 Å². The maximum absolute atomic E-state index is 11.3. The van der Waals surface area contributed by atoms with Gasteiger partial charge in [-0.25, -0.2) is 5.06 Å². The third-order valence-electron chi connectivity index (χ3n) is 3.77. The Balaban J connectivity index is 1.47. The van der Waals surface area contributed by atoms with Gasteiger partial charge in [0.25, 0.3) is 0 Å². The number of nitrogens with one attached hydrogen (secondary N) is 1. The molecule has 0 aliphatic carbocycles. The van der Waals surface area contributed by atoms with Gasteiger partial charge in [-0.2, -0.15) is 0 Å². The number of carbonyl (C=O) groups is 1. The molecule has 0 bridgehead atoms. The summed E-state index contributed by atoms with van der Waals surface area (Å²) in [6, 6.07) is 0. The molecule has 2 saturated heterocycles. The second-order valence-corrected chi connectivity index (χ2v) is 5.12. The van der Waals surface area contributed by atoms with Crippen molar-refractivity contribution in [3.8, 4) is 0 Å². The monoisotopic (exact) mass is 240 g/mol. The van der Waals surface area contributed by atoms with E-state index >= 15 is 0 Å². The molecule has 0 unspecified atom stereocenters. The fraction of sp³-hybridized carbons (Fsp3) is 0.923. The number of unbranched alkanes of at least 4 members (excludes halogenated alkanes) is 2. The summed E-state index contributed by atoms with van der Waals surface area (Å²) >= 11 is 0. The molecule has 0 saturated carbocycles. The van der Waals surface area contributed by atoms with Crippen molar-refractivity contribution in [2.24, 2.45) is 5.92 Å². The maximum atomic E-state index is 11.3. The average Bonchev–Trinajstić information content (AvgIpc) is 2.76. The normalized spacial score (nSPS) is 22.4. The van der Waals surface area contributed by atoms with Crippen LogP contribution in [-0.2, 0) is 9.63 Å². The van der Waals surface area contributed by atoms with E-state index in [9.17, 15) is 4.79 Å². The van der Waals surface area contributed by atoms with Gasteiger partial charge >= 0.3 is 0 Å². The fourth-order valence-corrected chi connectivity index (χ4v) is 2.66. The Labute approximate surface area is 104 Å². The van der Waals surface area contributed by atoms with Gasteiger partial charge in [0.2, 0.25) is 5.91 Å². The van der Waals surface area contributed by atoms with Crippen LogP contribution in [0.3, 0.4) is 0 Å². The van der Waals surface area contributed by atoms with Crippen molar-refractivity contribution < 1.29 is 9.63 Å². The number of hydroxylamine groups is 2. The number of carbonyl (C=O) groups excluding carboxylic acids is 1. The topological polar surface area (TPSA) is 41.6 Å². The minimum absolute atomic E-state index is 0.156.